The van der Waals surface area contributed by atoms with Crippen molar-refractivity contribution in [1.82, 2.24) is 0 Å². The van der Waals surface area contributed by atoms with Gasteiger partial charge in [-0.05, 0) is 12.1 Å². The van der Waals surface area contributed by atoms with Crippen molar-refractivity contribution in [2.75, 3.05) is 13.2 Å². The molecule has 2 heterocycles. The van der Waals surface area contributed by atoms with Gasteiger partial charge in [-0.3, -0.25) is 43.2 Å². The summed E-state index contributed by atoms with van der Waals surface area (Å²) in [4.78, 5) is 113. The first-order valence-corrected chi connectivity index (χ1v) is 17.2. The molecule has 0 bridgehead atoms. The zero-order valence-corrected chi connectivity index (χ0v) is 31.6. The Morgan fingerprint density at radius 2 is 1.02 bits per heavy atom. The van der Waals surface area contributed by atoms with E-state index in [0.29, 0.717) is 0 Å². The van der Waals surface area contributed by atoms with Crippen LogP contribution in [0.2, 0.25) is 0 Å². The molecule has 1 aliphatic carbocycles. The van der Waals surface area contributed by atoms with E-state index in [-0.39, 0.29) is 11.1 Å². The molecule has 2 fully saturated rings. The van der Waals surface area contributed by atoms with Gasteiger partial charge in [-0.15, -0.1) is 0 Å². The number of ketones is 2. The zero-order chi connectivity index (χ0) is 42.3. The Morgan fingerprint density at radius 1 is 0.579 bits per heavy atom. The van der Waals surface area contributed by atoms with E-state index < -0.39 is 139 Å². The summed E-state index contributed by atoms with van der Waals surface area (Å²) in [6, 6.07) is 3.75. The molecule has 0 aromatic heterocycles. The molecule has 310 valence electrons. The average molecular weight is 809 g/mol. The molecule has 1 aromatic carbocycles. The van der Waals surface area contributed by atoms with Gasteiger partial charge in [-0.1, -0.05) is 6.07 Å². The van der Waals surface area contributed by atoms with E-state index in [2.05, 4.69) is 0 Å². The van der Waals surface area contributed by atoms with Crippen LogP contribution < -0.4 is 0 Å². The predicted molar refractivity (Wildman–Crippen MR) is 179 cm³/mol. The Morgan fingerprint density at radius 3 is 1.53 bits per heavy atom. The number of fused-ring (bicyclic) bond motifs is 1. The van der Waals surface area contributed by atoms with Crippen LogP contribution in [-0.4, -0.2) is 133 Å². The summed E-state index contributed by atoms with van der Waals surface area (Å²) in [6.45, 7) is 5.67. The molecule has 21 nitrogen and oxygen atoms in total. The van der Waals surface area contributed by atoms with Crippen molar-refractivity contribution in [2.24, 2.45) is 0 Å². The molecule has 0 spiro atoms. The van der Waals surface area contributed by atoms with Crippen LogP contribution in [0.1, 0.15) is 69.2 Å². The number of Topliss-reactive ketones (excluding diaryl/α,β-unsaturated/α-hetero) is 1. The quantitative estimate of drug-likeness (QED) is 0.207. The number of esters is 7. The molecule has 0 amide bonds. The molecule has 0 radical (unpaired) electrons. The van der Waals surface area contributed by atoms with Crippen LogP contribution in [0.5, 0.6) is 5.75 Å². The van der Waals surface area contributed by atoms with Crippen molar-refractivity contribution in [2.45, 2.75) is 110 Å². The first-order valence-electron chi connectivity index (χ1n) is 17.2. The van der Waals surface area contributed by atoms with Crippen molar-refractivity contribution in [3.63, 3.8) is 0 Å². The lowest BCUT2D eigenvalue weighted by molar-refractivity contribution is -0.358. The Kier molecular flexibility index (Phi) is 14.4. The van der Waals surface area contributed by atoms with Crippen LogP contribution in [0, 0.1) is 0 Å². The van der Waals surface area contributed by atoms with Gasteiger partial charge < -0.3 is 57.2 Å². The highest BCUT2D eigenvalue weighted by molar-refractivity contribution is 6.24. The van der Waals surface area contributed by atoms with Crippen molar-refractivity contribution in [1.29, 1.82) is 0 Å². The third-order valence-corrected chi connectivity index (χ3v) is 8.15. The highest BCUT2D eigenvalue weighted by atomic mass is 16.8. The molecular weight excluding hydrogens is 768 g/mol. The largest absolute Gasteiger partial charge is 0.507 e. The number of hydrogen-bond acceptors (Lipinski definition) is 21. The Hall–Kier alpha value is -5.93. The number of phenolic OH excluding ortho intramolecular Hbond substituents is 1. The zero-order valence-electron chi connectivity index (χ0n) is 31.6. The Labute approximate surface area is 323 Å². The maximum absolute atomic E-state index is 13.5. The van der Waals surface area contributed by atoms with Crippen LogP contribution >= 0.6 is 0 Å². The maximum Gasteiger partial charge on any atom is 0.303 e. The number of ether oxygens (including phenoxy) is 11. The van der Waals surface area contributed by atoms with Crippen LogP contribution in [0.15, 0.2) is 30.0 Å². The fraction of sp³-hybridized carbons (Fsp3) is 0.528. The van der Waals surface area contributed by atoms with E-state index >= 15 is 0 Å². The van der Waals surface area contributed by atoms with Gasteiger partial charge in [0.05, 0.1) is 5.56 Å². The fourth-order valence-electron chi connectivity index (χ4n) is 6.16. The predicted octanol–water partition coefficient (Wildman–Crippen LogP) is 0.291. The first kappa shape index (κ1) is 43.8. The van der Waals surface area contributed by atoms with Gasteiger partial charge in [0, 0.05) is 60.1 Å². The molecule has 21 heteroatoms. The summed E-state index contributed by atoms with van der Waals surface area (Å²) < 4.78 is 61.9. The number of rotatable bonds is 13. The molecule has 57 heavy (non-hydrogen) atoms. The van der Waals surface area contributed by atoms with Gasteiger partial charge in [0.1, 0.15) is 37.3 Å². The van der Waals surface area contributed by atoms with Crippen LogP contribution in [-0.2, 0) is 85.7 Å². The van der Waals surface area contributed by atoms with Crippen LogP contribution in [0.4, 0.5) is 0 Å². The topological polar surface area (TPSA) is 275 Å². The molecule has 4 rings (SSSR count). The summed E-state index contributed by atoms with van der Waals surface area (Å²) >= 11 is 0. The van der Waals surface area contributed by atoms with Crippen molar-refractivity contribution in [3.05, 3.63) is 41.2 Å². The van der Waals surface area contributed by atoms with Gasteiger partial charge in [0.25, 0.3) is 0 Å². The van der Waals surface area contributed by atoms with Gasteiger partial charge in [-0.2, -0.15) is 0 Å². The summed E-state index contributed by atoms with van der Waals surface area (Å²) in [5.74, 6) is -9.37. The van der Waals surface area contributed by atoms with E-state index in [4.69, 9.17) is 52.1 Å². The smallest absolute Gasteiger partial charge is 0.303 e. The lowest BCUT2D eigenvalue weighted by atomic mass is 9.92. The highest BCUT2D eigenvalue weighted by Gasteiger charge is 2.58. The van der Waals surface area contributed by atoms with E-state index in [1.807, 2.05) is 0 Å². The second-order valence-corrected chi connectivity index (χ2v) is 12.7. The number of carbonyl (C=O) groups excluding carboxylic acids is 9. The third-order valence-electron chi connectivity index (χ3n) is 8.15. The van der Waals surface area contributed by atoms with Crippen molar-refractivity contribution in [3.8, 4) is 5.75 Å². The number of allylic oxidation sites excluding steroid dienone is 2. The third kappa shape index (κ3) is 11.1. The van der Waals surface area contributed by atoms with Gasteiger partial charge in [0.15, 0.2) is 42.2 Å². The number of hydrogen-bond donors (Lipinski definition) is 1. The summed E-state index contributed by atoms with van der Waals surface area (Å²) in [7, 11) is 0. The van der Waals surface area contributed by atoms with Gasteiger partial charge in [-0.25, -0.2) is 0 Å². The highest BCUT2D eigenvalue weighted by Crippen LogP contribution is 2.37. The number of phenols is 1. The monoisotopic (exact) mass is 808 g/mol. The summed E-state index contributed by atoms with van der Waals surface area (Å²) in [6.07, 6.45) is -16.7. The standard InChI is InChI=1S/C36H40O21/c1-14(37)47-12-25-29(49-16(3)39)31(50-17(4)40)34(53-20(7)43)36(56-25)57-30-26(13-48-15(2)38)55-35(33(52-19(6)42)32(30)51-18(5)41)54-24-11-23(45)27-21(28(24)46)9-8-10-22(27)44/h8-11,25-26,29-36,44H,12-13H2,1-7H3/t25-,26-,29-,30+,31+,32+,33+,34-,35+,36+/m0/s1. The minimum Gasteiger partial charge on any atom is -0.507 e. The van der Waals surface area contributed by atoms with E-state index in [0.717, 1.165) is 54.5 Å². The lowest BCUT2D eigenvalue weighted by Crippen LogP contribution is -2.67. The maximum atomic E-state index is 13.5. The fourth-order valence-corrected chi connectivity index (χ4v) is 6.16. The molecule has 1 aromatic rings. The van der Waals surface area contributed by atoms with Gasteiger partial charge in [0.2, 0.25) is 18.2 Å². The molecule has 3 aliphatic rings. The SMILES string of the molecule is CC(=O)OC[C@@H]1O[C@H](O[C@H]2[C@@H](OC(C)=O)[C@@H](OC(C)=O)[C@H](OC3=CC(=O)c4c(O)cccc4C3=O)O[C@H]2COC(C)=O)[C@@H](OC(C)=O)[C@H](OC(C)=O)[C@H]1OC(C)=O. The Balaban J connectivity index is 1.83. The molecule has 0 saturated carbocycles. The number of carbonyl (C=O) groups is 9. The van der Waals surface area contributed by atoms with Crippen molar-refractivity contribution < 1.29 is 100 Å². The van der Waals surface area contributed by atoms with E-state index in [9.17, 15) is 48.3 Å². The number of benzene rings is 1. The van der Waals surface area contributed by atoms with Crippen LogP contribution in [0.25, 0.3) is 0 Å². The Bertz CT molecular complexity index is 1820. The molecule has 2 saturated heterocycles. The van der Waals surface area contributed by atoms with Gasteiger partial charge >= 0.3 is 41.8 Å². The summed E-state index contributed by atoms with van der Waals surface area (Å²) in [5.41, 5.74) is -0.546. The minimum absolute atomic E-state index is 0.241. The second kappa shape index (κ2) is 18.8. The lowest BCUT2D eigenvalue weighted by Gasteiger charge is -2.48. The van der Waals surface area contributed by atoms with Crippen molar-refractivity contribution >= 4 is 53.4 Å². The average Bonchev–Trinajstić information content (AvgIpc) is 3.09. The molecule has 0 unspecified atom stereocenters. The second-order valence-electron chi connectivity index (χ2n) is 12.7. The molecule has 1 N–H and O–H groups in total. The number of aromatic hydroxyl groups is 1. The minimum atomic E-state index is -1.92. The first-order chi connectivity index (χ1) is 26.8. The molecule has 10 atom stereocenters. The van der Waals surface area contributed by atoms with Crippen LogP contribution in [0.3, 0.4) is 0 Å². The molecule has 2 aliphatic heterocycles. The van der Waals surface area contributed by atoms with E-state index in [1.165, 1.54) is 18.2 Å². The normalized spacial score (nSPS) is 28.0. The summed E-state index contributed by atoms with van der Waals surface area (Å²) in [5, 5.41) is 10.2. The molecular formula is C36H40O21. The van der Waals surface area contributed by atoms with E-state index in [1.54, 1.807) is 0 Å².